The quantitative estimate of drug-likeness (QED) is 0.682. The van der Waals surface area contributed by atoms with Crippen molar-refractivity contribution in [1.29, 1.82) is 0 Å². The van der Waals surface area contributed by atoms with Gasteiger partial charge in [0, 0.05) is 17.7 Å². The lowest BCUT2D eigenvalue weighted by Gasteiger charge is -2.33. The minimum absolute atomic E-state index is 0.0763. The van der Waals surface area contributed by atoms with E-state index in [1.807, 2.05) is 0 Å². The zero-order valence-electron chi connectivity index (χ0n) is 9.52. The van der Waals surface area contributed by atoms with Crippen molar-refractivity contribution in [3.63, 3.8) is 0 Å². The molecule has 0 saturated carbocycles. The summed E-state index contributed by atoms with van der Waals surface area (Å²) in [5, 5.41) is 0. The highest BCUT2D eigenvalue weighted by Gasteiger charge is 2.47. The van der Waals surface area contributed by atoms with Crippen LogP contribution in [0.1, 0.15) is 39.5 Å². The molecule has 3 heteroatoms. The molecule has 2 fully saturated rings. The van der Waals surface area contributed by atoms with Crippen molar-refractivity contribution in [1.82, 2.24) is 4.90 Å². The number of hydrogen-bond acceptors (Lipinski definition) is 1. The molecule has 0 aromatic carbocycles. The van der Waals surface area contributed by atoms with Crippen LogP contribution in [0.15, 0.2) is 11.7 Å². The number of nitrogens with zero attached hydrogens (tertiary/aromatic N) is 1. The minimum Gasteiger partial charge on any atom is -0.293 e. The predicted molar refractivity (Wildman–Crippen MR) is 56.9 cm³/mol. The molecule has 86 valence electrons. The van der Waals surface area contributed by atoms with Gasteiger partial charge in [-0.2, -0.15) is 8.78 Å². The highest BCUT2D eigenvalue weighted by Crippen LogP contribution is 2.46. The van der Waals surface area contributed by atoms with Gasteiger partial charge in [-0.3, -0.25) is 4.90 Å². The van der Waals surface area contributed by atoms with Gasteiger partial charge in [-0.1, -0.05) is 13.8 Å². The van der Waals surface area contributed by atoms with Crippen LogP contribution in [0.5, 0.6) is 0 Å². The zero-order chi connectivity index (χ0) is 11.1. The fourth-order valence-electron chi connectivity index (χ4n) is 3.31. The zero-order valence-corrected chi connectivity index (χ0v) is 9.52. The summed E-state index contributed by atoms with van der Waals surface area (Å²) in [6, 6.07) is 0. The van der Waals surface area contributed by atoms with E-state index in [0.29, 0.717) is 24.5 Å². The fourth-order valence-corrected chi connectivity index (χ4v) is 3.31. The lowest BCUT2D eigenvalue weighted by Crippen LogP contribution is -2.39. The molecule has 1 nitrogen and oxygen atoms in total. The third-order valence-electron chi connectivity index (χ3n) is 3.72. The van der Waals surface area contributed by atoms with Crippen LogP contribution in [0, 0.1) is 5.92 Å². The largest absolute Gasteiger partial charge is 0.293 e. The second kappa shape index (κ2) is 3.85. The van der Waals surface area contributed by atoms with Gasteiger partial charge in [0.25, 0.3) is 6.08 Å². The average molecular weight is 215 g/mol. The first-order valence-corrected chi connectivity index (χ1v) is 5.81. The van der Waals surface area contributed by atoms with Crippen molar-refractivity contribution < 1.29 is 8.78 Å². The first-order chi connectivity index (χ1) is 7.03. The van der Waals surface area contributed by atoms with Crippen molar-refractivity contribution in [3.05, 3.63) is 11.7 Å². The van der Waals surface area contributed by atoms with Gasteiger partial charge in [0.15, 0.2) is 0 Å². The maximum Gasteiger partial charge on any atom is 0.270 e. The Balaban J connectivity index is 2.19. The van der Waals surface area contributed by atoms with Gasteiger partial charge in [0.2, 0.25) is 0 Å². The van der Waals surface area contributed by atoms with E-state index in [1.54, 1.807) is 0 Å². The lowest BCUT2D eigenvalue weighted by atomic mass is 9.84. The second-order valence-electron chi connectivity index (χ2n) is 5.39. The Kier molecular flexibility index (Phi) is 2.84. The van der Waals surface area contributed by atoms with Crippen molar-refractivity contribution in [3.8, 4) is 0 Å². The molecule has 2 heterocycles. The number of fused-ring (bicyclic) bond motifs is 1. The molecule has 15 heavy (non-hydrogen) atoms. The van der Waals surface area contributed by atoms with Gasteiger partial charge in [-0.15, -0.1) is 0 Å². The third-order valence-corrected chi connectivity index (χ3v) is 3.72. The van der Waals surface area contributed by atoms with Crippen molar-refractivity contribution in [2.45, 2.75) is 45.1 Å². The summed E-state index contributed by atoms with van der Waals surface area (Å²) in [7, 11) is 0. The van der Waals surface area contributed by atoms with E-state index in [2.05, 4.69) is 18.7 Å². The third kappa shape index (κ3) is 1.94. The van der Waals surface area contributed by atoms with Crippen LogP contribution >= 0.6 is 0 Å². The minimum atomic E-state index is -1.44. The Bertz CT molecular complexity index is 281. The lowest BCUT2D eigenvalue weighted by molar-refractivity contribution is 0.163. The molecule has 0 bridgehead atoms. The van der Waals surface area contributed by atoms with Crippen molar-refractivity contribution in [2.24, 2.45) is 5.92 Å². The van der Waals surface area contributed by atoms with Crippen LogP contribution < -0.4 is 0 Å². The summed E-state index contributed by atoms with van der Waals surface area (Å²) in [5.74, 6) is 0.590. The molecule has 0 aromatic rings. The number of halogens is 2. The summed E-state index contributed by atoms with van der Waals surface area (Å²) < 4.78 is 25.2. The van der Waals surface area contributed by atoms with Crippen LogP contribution in [0.3, 0.4) is 0 Å². The van der Waals surface area contributed by atoms with E-state index in [4.69, 9.17) is 0 Å². The highest BCUT2D eigenvalue weighted by molar-refractivity contribution is 5.21. The van der Waals surface area contributed by atoms with Crippen molar-refractivity contribution >= 4 is 0 Å². The van der Waals surface area contributed by atoms with E-state index in [0.717, 1.165) is 19.4 Å². The molecule has 0 radical (unpaired) electrons. The molecule has 0 N–H and O–H groups in total. The molecule has 0 amide bonds. The van der Waals surface area contributed by atoms with Gasteiger partial charge in [-0.05, 0) is 38.1 Å². The van der Waals surface area contributed by atoms with Crippen LogP contribution in [-0.2, 0) is 0 Å². The molecule has 2 rings (SSSR count). The summed E-state index contributed by atoms with van der Waals surface area (Å²) in [6.45, 7) is 5.87. The average Bonchev–Trinajstić information content (AvgIpc) is 2.57. The molecule has 2 aliphatic heterocycles. The summed E-state index contributed by atoms with van der Waals surface area (Å²) in [6.07, 6.45) is 2.50. The maximum atomic E-state index is 12.6. The van der Waals surface area contributed by atoms with E-state index in [9.17, 15) is 8.78 Å². The Morgan fingerprint density at radius 1 is 1.47 bits per heavy atom. The van der Waals surface area contributed by atoms with Gasteiger partial charge >= 0.3 is 0 Å². The molecule has 0 aromatic heterocycles. The topological polar surface area (TPSA) is 3.24 Å². The summed E-state index contributed by atoms with van der Waals surface area (Å²) in [4.78, 5) is 2.28. The maximum absolute atomic E-state index is 12.6. The standard InChI is InChI=1S/C12H19F2N/c1-9(2)6-12-4-3-5-15(12)8-10(7-12)11(13)14/h9H,3-8H2,1-2H3/t12-/m0/s1. The smallest absolute Gasteiger partial charge is 0.270 e. The van der Waals surface area contributed by atoms with Crippen LogP contribution in [0.25, 0.3) is 0 Å². The van der Waals surface area contributed by atoms with E-state index >= 15 is 0 Å². The first-order valence-electron chi connectivity index (χ1n) is 5.81. The molecule has 2 saturated heterocycles. The fraction of sp³-hybridized carbons (Fsp3) is 0.833. The Morgan fingerprint density at radius 3 is 2.80 bits per heavy atom. The van der Waals surface area contributed by atoms with E-state index in [-0.39, 0.29) is 5.54 Å². The van der Waals surface area contributed by atoms with Gasteiger partial charge < -0.3 is 0 Å². The SMILES string of the molecule is CC(C)C[C@]12CCCN1CC(=C(F)F)C2. The van der Waals surface area contributed by atoms with E-state index in [1.165, 1.54) is 6.42 Å². The molecular formula is C12H19F2N. The molecule has 0 aliphatic carbocycles. The Morgan fingerprint density at radius 2 is 2.20 bits per heavy atom. The van der Waals surface area contributed by atoms with Gasteiger partial charge in [0.1, 0.15) is 0 Å². The first kappa shape index (κ1) is 11.1. The Labute approximate surface area is 90.1 Å². The molecule has 2 aliphatic rings. The normalized spacial score (nSPS) is 31.4. The van der Waals surface area contributed by atoms with Gasteiger partial charge in [0.05, 0.1) is 0 Å². The molecular weight excluding hydrogens is 196 g/mol. The van der Waals surface area contributed by atoms with Crippen LogP contribution in [-0.4, -0.2) is 23.5 Å². The monoisotopic (exact) mass is 215 g/mol. The highest BCUT2D eigenvalue weighted by atomic mass is 19.3. The van der Waals surface area contributed by atoms with Crippen molar-refractivity contribution in [2.75, 3.05) is 13.1 Å². The van der Waals surface area contributed by atoms with Crippen LogP contribution in [0.4, 0.5) is 8.78 Å². The Hall–Kier alpha value is -0.440. The van der Waals surface area contributed by atoms with Crippen LogP contribution in [0.2, 0.25) is 0 Å². The summed E-state index contributed by atoms with van der Waals surface area (Å²) in [5.41, 5.74) is 0.461. The number of hydrogen-bond donors (Lipinski definition) is 0. The molecule has 1 atom stereocenters. The molecule has 0 spiro atoms. The molecule has 0 unspecified atom stereocenters. The summed E-state index contributed by atoms with van der Waals surface area (Å²) >= 11 is 0. The number of rotatable bonds is 2. The predicted octanol–water partition coefficient (Wildman–Crippen LogP) is 3.42. The second-order valence-corrected chi connectivity index (χ2v) is 5.39. The van der Waals surface area contributed by atoms with E-state index < -0.39 is 6.08 Å². The van der Waals surface area contributed by atoms with Gasteiger partial charge in [-0.25, -0.2) is 0 Å².